The first-order valence-corrected chi connectivity index (χ1v) is 11.0. The fourth-order valence-corrected chi connectivity index (χ4v) is 4.34. The highest BCUT2D eigenvalue weighted by Gasteiger charge is 2.27. The van der Waals surface area contributed by atoms with Crippen molar-refractivity contribution in [3.05, 3.63) is 42.5 Å². The first kappa shape index (κ1) is 20.7. The van der Waals surface area contributed by atoms with Gasteiger partial charge in [-0.15, -0.1) is 0 Å². The number of likely N-dealkylation sites (tertiary alicyclic amines) is 1. The largest absolute Gasteiger partial charge is 0.355 e. The van der Waals surface area contributed by atoms with Crippen LogP contribution >= 0.6 is 0 Å². The Morgan fingerprint density at radius 1 is 1.07 bits per heavy atom. The number of hydrogen-bond acceptors (Lipinski definition) is 5. The number of rotatable bonds is 6. The van der Waals surface area contributed by atoms with Gasteiger partial charge in [-0.25, -0.2) is 14.4 Å². The third-order valence-corrected chi connectivity index (χ3v) is 6.05. The molecule has 2 aliphatic rings. The Balaban J connectivity index is 1.30. The Labute approximate surface area is 177 Å². The van der Waals surface area contributed by atoms with Crippen molar-refractivity contribution in [1.82, 2.24) is 20.2 Å². The summed E-state index contributed by atoms with van der Waals surface area (Å²) in [6.07, 6.45) is 9.14. The quantitative estimate of drug-likeness (QED) is 0.792. The molecule has 0 aliphatic carbocycles. The van der Waals surface area contributed by atoms with Crippen LogP contribution in [0.25, 0.3) is 11.1 Å². The molecule has 2 fully saturated rings. The number of nitrogens with zero attached hydrogens (tertiary/aromatic N) is 4. The standard InChI is InChI=1S/C23H30FN5O/c24-21-8-4-6-18(14-21)20-15-26-23(27-16-20)29-12-5-7-19(17-29)22(30)25-9-13-28-10-2-1-3-11-28/h4,6,8,14-16,19H,1-3,5,7,9-13,17H2,(H,25,30)/t19-/m1/s1. The molecule has 1 amide bonds. The lowest BCUT2D eigenvalue weighted by Gasteiger charge is -2.32. The molecule has 2 aliphatic heterocycles. The number of halogens is 1. The van der Waals surface area contributed by atoms with E-state index < -0.39 is 0 Å². The van der Waals surface area contributed by atoms with Gasteiger partial charge in [-0.05, 0) is 56.5 Å². The molecule has 0 radical (unpaired) electrons. The van der Waals surface area contributed by atoms with E-state index in [1.807, 2.05) is 6.07 Å². The Bertz CT molecular complexity index is 838. The predicted octanol–water partition coefficient (Wildman–Crippen LogP) is 3.10. The summed E-state index contributed by atoms with van der Waals surface area (Å²) in [7, 11) is 0. The topological polar surface area (TPSA) is 61.4 Å². The average molecular weight is 412 g/mol. The zero-order valence-corrected chi connectivity index (χ0v) is 17.4. The molecule has 3 heterocycles. The molecule has 0 saturated carbocycles. The van der Waals surface area contributed by atoms with Crippen LogP contribution in [-0.4, -0.2) is 60.0 Å². The van der Waals surface area contributed by atoms with Crippen LogP contribution in [0.3, 0.4) is 0 Å². The van der Waals surface area contributed by atoms with Gasteiger partial charge in [0.25, 0.3) is 0 Å². The molecule has 1 N–H and O–H groups in total. The number of hydrogen-bond donors (Lipinski definition) is 1. The number of carbonyl (C=O) groups excluding carboxylic acids is 1. The zero-order chi connectivity index (χ0) is 20.8. The Hall–Kier alpha value is -2.54. The molecule has 7 heteroatoms. The second-order valence-electron chi connectivity index (χ2n) is 8.26. The minimum atomic E-state index is -0.276. The van der Waals surface area contributed by atoms with Crippen molar-refractivity contribution in [2.75, 3.05) is 44.2 Å². The summed E-state index contributed by atoms with van der Waals surface area (Å²) in [5.41, 5.74) is 1.54. The summed E-state index contributed by atoms with van der Waals surface area (Å²) in [5, 5.41) is 3.12. The van der Waals surface area contributed by atoms with Crippen molar-refractivity contribution >= 4 is 11.9 Å². The molecule has 2 saturated heterocycles. The summed E-state index contributed by atoms with van der Waals surface area (Å²) in [6.45, 7) is 5.43. The van der Waals surface area contributed by atoms with Crippen molar-refractivity contribution in [2.45, 2.75) is 32.1 Å². The number of benzene rings is 1. The van der Waals surface area contributed by atoms with Crippen LogP contribution in [0.4, 0.5) is 10.3 Å². The summed E-state index contributed by atoms with van der Waals surface area (Å²) >= 11 is 0. The molecule has 1 atom stereocenters. The predicted molar refractivity (Wildman–Crippen MR) is 116 cm³/mol. The summed E-state index contributed by atoms with van der Waals surface area (Å²) < 4.78 is 13.4. The van der Waals surface area contributed by atoms with E-state index in [2.05, 4.69) is 25.1 Å². The monoisotopic (exact) mass is 411 g/mol. The van der Waals surface area contributed by atoms with Gasteiger partial charge >= 0.3 is 0 Å². The Morgan fingerprint density at radius 3 is 2.63 bits per heavy atom. The van der Waals surface area contributed by atoms with Crippen molar-refractivity contribution in [1.29, 1.82) is 0 Å². The number of amides is 1. The zero-order valence-electron chi connectivity index (χ0n) is 17.4. The van der Waals surface area contributed by atoms with Gasteiger partial charge in [0, 0.05) is 44.1 Å². The van der Waals surface area contributed by atoms with Gasteiger partial charge in [-0.1, -0.05) is 18.6 Å². The molecule has 1 aromatic carbocycles. The molecule has 0 bridgehead atoms. The van der Waals surface area contributed by atoms with Crippen LogP contribution in [0.15, 0.2) is 36.7 Å². The van der Waals surface area contributed by atoms with E-state index in [9.17, 15) is 9.18 Å². The van der Waals surface area contributed by atoms with E-state index in [1.165, 1.54) is 31.4 Å². The molecular weight excluding hydrogens is 381 g/mol. The highest BCUT2D eigenvalue weighted by Crippen LogP contribution is 2.23. The second-order valence-corrected chi connectivity index (χ2v) is 8.26. The number of anilines is 1. The van der Waals surface area contributed by atoms with Gasteiger partial charge in [-0.2, -0.15) is 0 Å². The van der Waals surface area contributed by atoms with Crippen LogP contribution in [0.2, 0.25) is 0 Å². The van der Waals surface area contributed by atoms with E-state index in [1.54, 1.807) is 18.5 Å². The minimum absolute atomic E-state index is 0.0356. The highest BCUT2D eigenvalue weighted by atomic mass is 19.1. The molecule has 6 nitrogen and oxygen atoms in total. The van der Waals surface area contributed by atoms with Gasteiger partial charge in [0.2, 0.25) is 11.9 Å². The van der Waals surface area contributed by atoms with Crippen LogP contribution in [0.5, 0.6) is 0 Å². The van der Waals surface area contributed by atoms with Crippen LogP contribution < -0.4 is 10.2 Å². The van der Waals surface area contributed by atoms with Crippen molar-refractivity contribution < 1.29 is 9.18 Å². The normalized spacial score (nSPS) is 20.2. The van der Waals surface area contributed by atoms with Crippen LogP contribution in [-0.2, 0) is 4.79 Å². The van der Waals surface area contributed by atoms with E-state index in [-0.39, 0.29) is 17.6 Å². The molecule has 30 heavy (non-hydrogen) atoms. The lowest BCUT2D eigenvalue weighted by molar-refractivity contribution is -0.125. The van der Waals surface area contributed by atoms with E-state index in [0.29, 0.717) is 19.0 Å². The number of aromatic nitrogens is 2. The maximum atomic E-state index is 13.4. The highest BCUT2D eigenvalue weighted by molar-refractivity contribution is 5.79. The fourth-order valence-electron chi connectivity index (χ4n) is 4.34. The van der Waals surface area contributed by atoms with Crippen molar-refractivity contribution in [3.63, 3.8) is 0 Å². The van der Waals surface area contributed by atoms with E-state index in [0.717, 1.165) is 50.1 Å². The fraction of sp³-hybridized carbons (Fsp3) is 0.522. The van der Waals surface area contributed by atoms with Crippen LogP contribution in [0.1, 0.15) is 32.1 Å². The molecule has 2 aromatic rings. The number of nitrogens with one attached hydrogen (secondary N) is 1. The maximum Gasteiger partial charge on any atom is 0.225 e. The molecule has 0 spiro atoms. The molecular formula is C23H30FN5O. The van der Waals surface area contributed by atoms with Crippen molar-refractivity contribution in [2.24, 2.45) is 5.92 Å². The minimum Gasteiger partial charge on any atom is -0.355 e. The molecule has 0 unspecified atom stereocenters. The van der Waals surface area contributed by atoms with Gasteiger partial charge in [-0.3, -0.25) is 4.79 Å². The van der Waals surface area contributed by atoms with Crippen molar-refractivity contribution in [3.8, 4) is 11.1 Å². The van der Waals surface area contributed by atoms with Gasteiger partial charge < -0.3 is 15.1 Å². The van der Waals surface area contributed by atoms with Gasteiger partial charge in [0.05, 0.1) is 5.92 Å². The molecule has 1 aromatic heterocycles. The Morgan fingerprint density at radius 2 is 1.87 bits per heavy atom. The van der Waals surface area contributed by atoms with E-state index in [4.69, 9.17) is 0 Å². The number of carbonyl (C=O) groups is 1. The number of piperidine rings is 2. The summed E-state index contributed by atoms with van der Waals surface area (Å²) in [6, 6.07) is 6.41. The Kier molecular flexibility index (Phi) is 6.89. The maximum absolute atomic E-state index is 13.4. The third kappa shape index (κ3) is 5.33. The molecule has 160 valence electrons. The van der Waals surface area contributed by atoms with E-state index >= 15 is 0 Å². The lowest BCUT2D eigenvalue weighted by atomic mass is 9.97. The lowest BCUT2D eigenvalue weighted by Crippen LogP contribution is -2.45. The smallest absolute Gasteiger partial charge is 0.225 e. The van der Waals surface area contributed by atoms with Crippen LogP contribution in [0, 0.1) is 11.7 Å². The summed E-state index contributed by atoms with van der Waals surface area (Å²) in [5.74, 6) is 0.447. The SMILES string of the molecule is O=C(NCCN1CCCCC1)[C@@H]1CCCN(c2ncc(-c3cccc(F)c3)cn2)C1. The second kappa shape index (κ2) is 9.98. The molecule has 4 rings (SSSR count). The first-order chi connectivity index (χ1) is 14.7. The van der Waals surface area contributed by atoms with Gasteiger partial charge in [0.1, 0.15) is 5.82 Å². The van der Waals surface area contributed by atoms with Gasteiger partial charge in [0.15, 0.2) is 0 Å². The average Bonchev–Trinajstić information content (AvgIpc) is 2.80. The third-order valence-electron chi connectivity index (χ3n) is 6.05. The summed E-state index contributed by atoms with van der Waals surface area (Å²) in [4.78, 5) is 26.1. The first-order valence-electron chi connectivity index (χ1n) is 11.0.